The third-order valence-corrected chi connectivity index (χ3v) is 5.95. The molecule has 12 heteroatoms. The Balaban J connectivity index is 1.49. The van der Waals surface area contributed by atoms with Crippen LogP contribution in [0.5, 0.6) is 0 Å². The van der Waals surface area contributed by atoms with E-state index in [2.05, 4.69) is 25.3 Å². The fourth-order valence-electron chi connectivity index (χ4n) is 3.71. The zero-order valence-corrected chi connectivity index (χ0v) is 21.3. The average molecular weight is 541 g/mol. The Morgan fingerprint density at radius 3 is 2.55 bits per heavy atom. The predicted octanol–water partition coefficient (Wildman–Crippen LogP) is 2.36. The summed E-state index contributed by atoms with van der Waals surface area (Å²) in [7, 11) is 0. The molecule has 0 saturated heterocycles. The summed E-state index contributed by atoms with van der Waals surface area (Å²) < 4.78 is 26.8. The van der Waals surface area contributed by atoms with Crippen molar-refractivity contribution >= 4 is 29.6 Å². The minimum absolute atomic E-state index is 0.0612. The van der Waals surface area contributed by atoms with Crippen LogP contribution >= 0.6 is 0 Å². The second-order valence-electron chi connectivity index (χ2n) is 8.77. The smallest absolute Gasteiger partial charge is 0.299 e. The van der Waals surface area contributed by atoms with Crippen molar-refractivity contribution in [2.24, 2.45) is 10.7 Å². The molecule has 1 unspecified atom stereocenters. The van der Waals surface area contributed by atoms with E-state index in [1.165, 1.54) is 18.5 Å². The quantitative estimate of drug-likeness (QED) is 0.194. The summed E-state index contributed by atoms with van der Waals surface area (Å²) in [6, 6.07) is 14.5. The minimum Gasteiger partial charge on any atom is -0.383 e. The third kappa shape index (κ3) is 6.28. The van der Waals surface area contributed by atoms with Crippen molar-refractivity contribution in [3.8, 4) is 17.2 Å². The van der Waals surface area contributed by atoms with Crippen molar-refractivity contribution in [3.05, 3.63) is 101 Å². The molecule has 2 heterocycles. The Hall–Kier alpha value is -5.57. The third-order valence-electron chi connectivity index (χ3n) is 5.95. The number of anilines is 2. The number of nitrogen functional groups attached to an aromatic ring is 1. The van der Waals surface area contributed by atoms with Crippen molar-refractivity contribution in [3.63, 3.8) is 0 Å². The Bertz CT molecular complexity index is 1660. The van der Waals surface area contributed by atoms with Crippen molar-refractivity contribution in [1.29, 1.82) is 5.26 Å². The zero-order chi connectivity index (χ0) is 28.8. The lowest BCUT2D eigenvalue weighted by atomic mass is 10.0. The van der Waals surface area contributed by atoms with Crippen LogP contribution in [-0.2, 0) is 6.54 Å². The number of nitrogens with two attached hydrogens (primary N) is 3. The van der Waals surface area contributed by atoms with Gasteiger partial charge in [0, 0.05) is 30.4 Å². The molecule has 200 valence electrons. The molecule has 7 N–H and O–H groups in total. The number of hydrogen-bond acceptors (Lipinski definition) is 7. The van der Waals surface area contributed by atoms with E-state index in [1.54, 1.807) is 19.2 Å². The Morgan fingerprint density at radius 2 is 1.88 bits per heavy atom. The molecule has 0 spiro atoms. The van der Waals surface area contributed by atoms with E-state index in [0.29, 0.717) is 11.1 Å². The van der Waals surface area contributed by atoms with Crippen LogP contribution in [-0.4, -0.2) is 32.9 Å². The van der Waals surface area contributed by atoms with Gasteiger partial charge in [-0.25, -0.2) is 28.7 Å². The first kappa shape index (κ1) is 27.5. The lowest BCUT2D eigenvalue weighted by Gasteiger charge is -2.10. The van der Waals surface area contributed by atoms with Gasteiger partial charge in [0.2, 0.25) is 0 Å². The van der Waals surface area contributed by atoms with Gasteiger partial charge in [-0.3, -0.25) is 15.9 Å². The minimum atomic E-state index is -0.996. The standard InChI is InChI=1S/C28H23F2N9O/c1-15(18-6-7-22(29)23(30)9-18)11-38-28(40)24-27(37-14-20(10-31)39-24)36-12-16-2-4-17(5-3-16)19-8-21(25(32)33)26(34)35-13-19/h2-9,11,13-15H,12H2,1H3,(H3,32,33)(H2,34,35)(H,36,37)/p+1. The Kier molecular flexibility index (Phi) is 8.15. The molecule has 2 aromatic carbocycles. The lowest BCUT2D eigenvalue weighted by molar-refractivity contribution is -0.114. The summed E-state index contributed by atoms with van der Waals surface area (Å²) in [5, 5.41) is 18.0. The second-order valence-corrected chi connectivity index (χ2v) is 8.77. The average Bonchev–Trinajstić information content (AvgIpc) is 2.96. The van der Waals surface area contributed by atoms with Gasteiger partial charge in [-0.15, -0.1) is 0 Å². The molecule has 4 aromatic rings. The number of nitrogens with zero attached hydrogens (tertiary/aromatic N) is 5. The van der Waals surface area contributed by atoms with E-state index in [9.17, 15) is 18.8 Å². The fourth-order valence-corrected chi connectivity index (χ4v) is 3.71. The highest BCUT2D eigenvalue weighted by molar-refractivity contribution is 6.01. The number of aliphatic imine (C=N–C) groups is 1. The molecule has 0 aliphatic heterocycles. The maximum absolute atomic E-state index is 13.6. The first-order valence-electron chi connectivity index (χ1n) is 11.9. The van der Waals surface area contributed by atoms with Crippen molar-refractivity contribution in [2.75, 3.05) is 11.1 Å². The normalized spacial score (nSPS) is 11.7. The number of benzene rings is 2. The molecule has 0 radical (unpaired) electrons. The number of nitrogens with one attached hydrogen (secondary N) is 1. The number of amidine groups is 1. The van der Waals surface area contributed by atoms with E-state index in [0.717, 1.165) is 28.8 Å². The maximum atomic E-state index is 13.6. The van der Waals surface area contributed by atoms with Gasteiger partial charge in [0.05, 0.1) is 6.20 Å². The van der Waals surface area contributed by atoms with Crippen LogP contribution in [0.15, 0.2) is 65.9 Å². The van der Waals surface area contributed by atoms with Crippen molar-refractivity contribution in [1.82, 2.24) is 15.0 Å². The summed E-state index contributed by atoms with van der Waals surface area (Å²) in [6.07, 6.45) is 4.15. The van der Waals surface area contributed by atoms with E-state index in [-0.39, 0.29) is 35.4 Å². The maximum Gasteiger partial charge on any atom is 0.299 e. The summed E-state index contributed by atoms with van der Waals surface area (Å²) in [5.74, 6) is -2.76. The number of aromatic nitrogens is 3. The number of pyridine rings is 1. The van der Waals surface area contributed by atoms with Gasteiger partial charge in [0.1, 0.15) is 17.5 Å². The largest absolute Gasteiger partial charge is 0.383 e. The van der Waals surface area contributed by atoms with Gasteiger partial charge in [-0.2, -0.15) is 5.26 Å². The van der Waals surface area contributed by atoms with E-state index >= 15 is 0 Å². The van der Waals surface area contributed by atoms with Crippen LogP contribution in [0, 0.1) is 23.0 Å². The molecule has 4 rings (SSSR count). The molecule has 1 atom stereocenters. The van der Waals surface area contributed by atoms with Crippen LogP contribution in [0.4, 0.5) is 20.4 Å². The van der Waals surface area contributed by atoms with Crippen LogP contribution in [0.1, 0.15) is 45.7 Å². The van der Waals surface area contributed by atoms with Crippen LogP contribution in [0.3, 0.4) is 0 Å². The Morgan fingerprint density at radius 1 is 1.12 bits per heavy atom. The van der Waals surface area contributed by atoms with Crippen molar-refractivity contribution in [2.45, 2.75) is 19.4 Å². The monoisotopic (exact) mass is 540 g/mol. The molecule has 2 aromatic heterocycles. The van der Waals surface area contributed by atoms with Gasteiger partial charge in [-0.05, 0) is 34.9 Å². The molecular weight excluding hydrogens is 516 g/mol. The molecular formula is C28H24F2N9O+. The van der Waals surface area contributed by atoms with Crippen molar-refractivity contribution < 1.29 is 19.0 Å². The summed E-state index contributed by atoms with van der Waals surface area (Å²) in [6.45, 7) is 1.96. The van der Waals surface area contributed by atoms with Gasteiger partial charge in [0.15, 0.2) is 28.8 Å². The number of carbonyl (C=O) groups excluding carboxylic acids is 1. The van der Waals surface area contributed by atoms with E-state index in [1.807, 2.05) is 30.3 Å². The molecule has 1 amide bonds. The van der Waals surface area contributed by atoms with Crippen LogP contribution in [0.2, 0.25) is 0 Å². The molecule has 40 heavy (non-hydrogen) atoms. The van der Waals surface area contributed by atoms with E-state index in [4.69, 9.17) is 16.9 Å². The van der Waals surface area contributed by atoms with Gasteiger partial charge in [0.25, 0.3) is 11.7 Å². The molecule has 0 fully saturated rings. The number of nitriles is 1. The SMILES string of the molecule is CC(C=NC(=O)c1nc(C#N)cnc1NCc1ccc(-c2cnc(N)c(C(N)=[NH2+])c2)cc1)c1ccc(F)c(F)c1. The number of hydrogen-bond donors (Lipinski definition) is 4. The Labute approximate surface area is 228 Å². The number of amides is 1. The van der Waals surface area contributed by atoms with Gasteiger partial charge in [-0.1, -0.05) is 37.3 Å². The number of carbonyl (C=O) groups is 1. The first-order chi connectivity index (χ1) is 19.2. The lowest BCUT2D eigenvalue weighted by Crippen LogP contribution is -2.46. The molecule has 0 bridgehead atoms. The number of halogens is 2. The molecule has 0 aliphatic carbocycles. The summed E-state index contributed by atoms with van der Waals surface area (Å²) in [4.78, 5) is 29.2. The predicted molar refractivity (Wildman–Crippen MR) is 146 cm³/mol. The molecule has 10 nitrogen and oxygen atoms in total. The highest BCUT2D eigenvalue weighted by Crippen LogP contribution is 2.23. The molecule has 0 saturated carbocycles. The van der Waals surface area contributed by atoms with Gasteiger partial charge < -0.3 is 11.1 Å². The number of rotatable bonds is 8. The van der Waals surface area contributed by atoms with Crippen LogP contribution in [0.25, 0.3) is 11.1 Å². The fraction of sp³-hybridized carbons (Fsp3) is 0.107. The van der Waals surface area contributed by atoms with Crippen LogP contribution < -0.4 is 22.2 Å². The first-order valence-corrected chi connectivity index (χ1v) is 11.9. The highest BCUT2D eigenvalue weighted by atomic mass is 19.2. The van der Waals surface area contributed by atoms with Gasteiger partial charge >= 0.3 is 0 Å². The highest BCUT2D eigenvalue weighted by Gasteiger charge is 2.17. The van der Waals surface area contributed by atoms with E-state index < -0.39 is 23.5 Å². The second kappa shape index (κ2) is 11.9. The zero-order valence-electron chi connectivity index (χ0n) is 21.3. The summed E-state index contributed by atoms with van der Waals surface area (Å²) in [5.41, 5.74) is 14.7. The summed E-state index contributed by atoms with van der Waals surface area (Å²) >= 11 is 0. The topological polar surface area (TPSA) is 182 Å². The molecule has 0 aliphatic rings.